The van der Waals surface area contributed by atoms with Gasteiger partial charge in [0.2, 0.25) is 5.88 Å². The maximum absolute atomic E-state index is 13.6. The van der Waals surface area contributed by atoms with Crippen LogP contribution in [-0.2, 0) is 16.4 Å². The largest absolute Gasteiger partial charge is 0.480 e. The maximum atomic E-state index is 13.6. The molecule has 12 nitrogen and oxygen atoms in total. The summed E-state index contributed by atoms with van der Waals surface area (Å²) in [6.45, 7) is 4.10. The minimum Gasteiger partial charge on any atom is -0.480 e. The maximum Gasteiger partial charge on any atom is 0.295 e. The fourth-order valence-corrected chi connectivity index (χ4v) is 4.72. The molecule has 0 aliphatic heterocycles. The van der Waals surface area contributed by atoms with Crippen molar-refractivity contribution in [2.45, 2.75) is 56.5 Å². The second-order valence-corrected chi connectivity index (χ2v) is 11.3. The van der Waals surface area contributed by atoms with Gasteiger partial charge in [-0.15, -0.1) is 0 Å². The second-order valence-electron chi connectivity index (χ2n) is 9.32. The van der Waals surface area contributed by atoms with Gasteiger partial charge in [-0.1, -0.05) is 6.92 Å². The van der Waals surface area contributed by atoms with Crippen molar-refractivity contribution in [1.82, 2.24) is 34.5 Å². The molecule has 1 N–H and O–H groups in total. The Kier molecular flexibility index (Phi) is 6.78. The van der Waals surface area contributed by atoms with E-state index < -0.39 is 9.84 Å². The molecule has 0 spiro atoms. The molecule has 13 heteroatoms. The van der Waals surface area contributed by atoms with Crippen LogP contribution in [0.15, 0.2) is 40.5 Å². The van der Waals surface area contributed by atoms with Crippen LogP contribution in [-0.4, -0.2) is 56.3 Å². The number of anilines is 1. The first-order valence-electron chi connectivity index (χ1n) is 12.3. The summed E-state index contributed by atoms with van der Waals surface area (Å²) in [5.74, 6) is 0.836. The van der Waals surface area contributed by atoms with Crippen molar-refractivity contribution in [1.29, 1.82) is 0 Å². The number of hydrogen-bond acceptors (Lipinski definition) is 11. The predicted octanol–water partition coefficient (Wildman–Crippen LogP) is 2.91. The van der Waals surface area contributed by atoms with Gasteiger partial charge in [0.25, 0.3) is 5.56 Å². The van der Waals surface area contributed by atoms with Crippen LogP contribution in [0.5, 0.6) is 5.88 Å². The molecule has 4 aromatic rings. The molecule has 0 aromatic carbocycles. The van der Waals surface area contributed by atoms with Crippen molar-refractivity contribution in [2.24, 2.45) is 0 Å². The summed E-state index contributed by atoms with van der Waals surface area (Å²) < 4.78 is 30.5. The van der Waals surface area contributed by atoms with Gasteiger partial charge in [0, 0.05) is 24.4 Å². The van der Waals surface area contributed by atoms with Crippen molar-refractivity contribution in [3.05, 3.63) is 52.6 Å². The molecule has 1 atom stereocenters. The highest BCUT2D eigenvalue weighted by atomic mass is 32.2. The van der Waals surface area contributed by atoms with E-state index >= 15 is 0 Å². The molecule has 4 heterocycles. The van der Waals surface area contributed by atoms with E-state index in [9.17, 15) is 13.2 Å². The lowest BCUT2D eigenvalue weighted by Gasteiger charge is -2.18. The summed E-state index contributed by atoms with van der Waals surface area (Å²) in [7, 11) is -1.80. The third kappa shape index (κ3) is 4.93. The Morgan fingerprint density at radius 1 is 1.13 bits per heavy atom. The average molecular weight is 537 g/mol. The van der Waals surface area contributed by atoms with Crippen molar-refractivity contribution >= 4 is 26.9 Å². The van der Waals surface area contributed by atoms with Crippen LogP contribution in [0.3, 0.4) is 0 Å². The molecular weight excluding hydrogens is 508 g/mol. The van der Waals surface area contributed by atoms with Crippen LogP contribution in [0.2, 0.25) is 0 Å². The number of pyridine rings is 1. The van der Waals surface area contributed by atoms with E-state index in [-0.39, 0.29) is 28.9 Å². The van der Waals surface area contributed by atoms with Crippen LogP contribution < -0.4 is 15.6 Å². The molecule has 0 saturated heterocycles. The van der Waals surface area contributed by atoms with E-state index in [2.05, 4.69) is 30.2 Å². The number of sulfone groups is 1. The molecule has 38 heavy (non-hydrogen) atoms. The van der Waals surface area contributed by atoms with Gasteiger partial charge in [-0.3, -0.25) is 14.3 Å². The van der Waals surface area contributed by atoms with Gasteiger partial charge >= 0.3 is 0 Å². The minimum atomic E-state index is -3.35. The average Bonchev–Trinajstić information content (AvgIpc) is 3.76. The zero-order valence-corrected chi connectivity index (χ0v) is 22.4. The molecule has 198 valence electrons. The summed E-state index contributed by atoms with van der Waals surface area (Å²) in [6.07, 6.45) is 8.26. The smallest absolute Gasteiger partial charge is 0.295 e. The standard InChI is InChI=1S/C25H28N8O4S/c1-5-14(2)33-23-21(28-12-18(31-23)19-20(15-6-7-15)29-13-30-24(19)37-3)32-22(25(33)34)27-10-16-8-9-17(11-26-16)38(4,35)36/h8-9,11-15H,5-7,10H2,1-4H3,(H,27,28,32)/t14-/m0/s1. The molecular formula is C25H28N8O4S. The molecule has 1 fully saturated rings. The van der Waals surface area contributed by atoms with E-state index in [0.29, 0.717) is 46.5 Å². The molecule has 1 saturated carbocycles. The van der Waals surface area contributed by atoms with E-state index in [0.717, 1.165) is 24.8 Å². The first-order valence-corrected chi connectivity index (χ1v) is 14.2. The SMILES string of the molecule is CC[C@H](C)n1c(=O)c(NCc2ccc(S(C)(=O)=O)cn2)nc2ncc(-c3c(OC)ncnc3C3CC3)nc21. The fourth-order valence-electron chi connectivity index (χ4n) is 4.16. The zero-order chi connectivity index (χ0) is 27.0. The molecule has 1 aliphatic rings. The number of methoxy groups -OCH3 is 1. The summed E-state index contributed by atoms with van der Waals surface area (Å²) in [6, 6.07) is 2.90. The number of fused-ring (bicyclic) bond motifs is 1. The minimum absolute atomic E-state index is 0.105. The van der Waals surface area contributed by atoms with Crippen LogP contribution in [0, 0.1) is 0 Å². The Hall–Kier alpha value is -4.00. The zero-order valence-electron chi connectivity index (χ0n) is 21.5. The second kappa shape index (κ2) is 10.0. The predicted molar refractivity (Wildman–Crippen MR) is 141 cm³/mol. The highest BCUT2D eigenvalue weighted by Crippen LogP contribution is 2.45. The fraction of sp³-hybridized carbons (Fsp3) is 0.400. The Labute approximate surface area is 219 Å². The molecule has 0 unspecified atom stereocenters. The summed E-state index contributed by atoms with van der Waals surface area (Å²) in [5, 5.41) is 3.03. The summed E-state index contributed by atoms with van der Waals surface area (Å²) in [4.78, 5) is 40.5. The van der Waals surface area contributed by atoms with Crippen molar-refractivity contribution < 1.29 is 13.2 Å². The Morgan fingerprint density at radius 2 is 1.92 bits per heavy atom. The molecule has 5 rings (SSSR count). The molecule has 0 bridgehead atoms. The van der Waals surface area contributed by atoms with Gasteiger partial charge < -0.3 is 10.1 Å². The van der Waals surface area contributed by atoms with Gasteiger partial charge in [-0.2, -0.15) is 0 Å². The number of nitrogens with one attached hydrogen (secondary N) is 1. The van der Waals surface area contributed by atoms with Crippen LogP contribution >= 0.6 is 0 Å². The first-order chi connectivity index (χ1) is 18.2. The summed E-state index contributed by atoms with van der Waals surface area (Å²) in [5.41, 5.74) is 2.94. The Morgan fingerprint density at radius 3 is 2.55 bits per heavy atom. The van der Waals surface area contributed by atoms with Crippen LogP contribution in [0.4, 0.5) is 5.82 Å². The van der Waals surface area contributed by atoms with Gasteiger partial charge in [0.15, 0.2) is 26.9 Å². The Balaban J connectivity index is 1.56. The number of nitrogens with zero attached hydrogens (tertiary/aromatic N) is 7. The molecule has 0 radical (unpaired) electrons. The van der Waals surface area contributed by atoms with Crippen LogP contribution in [0.25, 0.3) is 22.6 Å². The molecule has 0 amide bonds. The van der Waals surface area contributed by atoms with Gasteiger partial charge in [-0.05, 0) is 38.3 Å². The Bertz CT molecular complexity index is 1670. The van der Waals surface area contributed by atoms with E-state index in [1.54, 1.807) is 23.9 Å². The normalized spacial score (nSPS) is 14.4. The quantitative estimate of drug-likeness (QED) is 0.336. The first kappa shape index (κ1) is 25.6. The number of rotatable bonds is 9. The summed E-state index contributed by atoms with van der Waals surface area (Å²) >= 11 is 0. The van der Waals surface area contributed by atoms with Crippen LogP contribution in [0.1, 0.15) is 56.5 Å². The highest BCUT2D eigenvalue weighted by molar-refractivity contribution is 7.90. The molecule has 4 aromatic heterocycles. The van der Waals surface area contributed by atoms with Gasteiger partial charge in [-0.25, -0.2) is 33.3 Å². The lowest BCUT2D eigenvalue weighted by molar-refractivity contribution is 0.397. The van der Waals surface area contributed by atoms with Crippen molar-refractivity contribution in [3.8, 4) is 17.1 Å². The topological polar surface area (TPSA) is 155 Å². The van der Waals surface area contributed by atoms with E-state index in [4.69, 9.17) is 9.72 Å². The number of aromatic nitrogens is 7. The highest BCUT2D eigenvalue weighted by Gasteiger charge is 2.31. The monoisotopic (exact) mass is 536 g/mol. The number of hydrogen-bond donors (Lipinski definition) is 1. The van der Waals surface area contributed by atoms with E-state index in [1.165, 1.54) is 18.6 Å². The number of ether oxygens (including phenoxy) is 1. The van der Waals surface area contributed by atoms with Gasteiger partial charge in [0.1, 0.15) is 6.33 Å². The third-order valence-corrected chi connectivity index (χ3v) is 7.65. The lowest BCUT2D eigenvalue weighted by atomic mass is 10.1. The van der Waals surface area contributed by atoms with Crippen molar-refractivity contribution in [2.75, 3.05) is 18.7 Å². The molecule has 1 aliphatic carbocycles. The van der Waals surface area contributed by atoms with Crippen molar-refractivity contribution in [3.63, 3.8) is 0 Å². The van der Waals surface area contributed by atoms with E-state index in [1.807, 2.05) is 13.8 Å². The third-order valence-electron chi connectivity index (χ3n) is 6.55. The van der Waals surface area contributed by atoms with Gasteiger partial charge in [0.05, 0.1) is 47.4 Å². The lowest BCUT2D eigenvalue weighted by Crippen LogP contribution is -2.28.